The summed E-state index contributed by atoms with van der Waals surface area (Å²) in [5.41, 5.74) is -0.940. The minimum atomic E-state index is -4.59. The van der Waals surface area contributed by atoms with Gasteiger partial charge in [-0.1, -0.05) is 72.8 Å². The molecule has 3 nitrogen and oxygen atoms in total. The van der Waals surface area contributed by atoms with Crippen LogP contribution in [0.25, 0.3) is 10.8 Å². The Labute approximate surface area is 214 Å². The maximum absolute atomic E-state index is 13.8. The Morgan fingerprint density at radius 2 is 1.05 bits per heavy atom. The van der Waals surface area contributed by atoms with Gasteiger partial charge in [0, 0.05) is 14.7 Å². The third-order valence-corrected chi connectivity index (χ3v) is 11.1. The SMILES string of the molecule is O=S(=O)(OS(c1ccccc1)(c1ccccc1)c1cccc2ccccc12)c1ccc(C(F)(F)F)cc1. The van der Waals surface area contributed by atoms with Gasteiger partial charge in [0.05, 0.1) is 10.5 Å². The number of hydrogen-bond acceptors (Lipinski definition) is 3. The van der Waals surface area contributed by atoms with Crippen molar-refractivity contribution in [3.63, 3.8) is 0 Å². The summed E-state index contributed by atoms with van der Waals surface area (Å²) in [6, 6.07) is 34.7. The van der Waals surface area contributed by atoms with Crippen LogP contribution in [0.15, 0.2) is 147 Å². The molecular weight excluding hydrogens is 517 g/mol. The normalized spacial score (nSPS) is 12.9. The molecule has 188 valence electrons. The molecule has 0 aliphatic carbocycles. The molecule has 0 heterocycles. The highest BCUT2D eigenvalue weighted by Crippen LogP contribution is 2.71. The maximum atomic E-state index is 13.8. The van der Waals surface area contributed by atoms with Gasteiger partial charge in [0.25, 0.3) is 0 Å². The fourth-order valence-electron chi connectivity index (χ4n) is 4.16. The summed E-state index contributed by atoms with van der Waals surface area (Å²) in [6.07, 6.45) is -4.59. The van der Waals surface area contributed by atoms with Crippen LogP contribution < -0.4 is 0 Å². The molecule has 37 heavy (non-hydrogen) atoms. The van der Waals surface area contributed by atoms with Crippen molar-refractivity contribution >= 4 is 31.2 Å². The zero-order chi connectivity index (χ0) is 26.1. The Kier molecular flexibility index (Phi) is 6.58. The Bertz CT molecular complexity index is 1590. The average molecular weight is 539 g/mol. The minimum absolute atomic E-state index is 0.357. The van der Waals surface area contributed by atoms with E-state index in [0.29, 0.717) is 14.7 Å². The van der Waals surface area contributed by atoms with Crippen LogP contribution in [0.3, 0.4) is 0 Å². The molecule has 5 rings (SSSR count). The second kappa shape index (κ2) is 9.70. The molecule has 0 aliphatic rings. The highest BCUT2D eigenvalue weighted by atomic mass is 32.3. The van der Waals surface area contributed by atoms with Crippen LogP contribution in [0.1, 0.15) is 5.56 Å². The van der Waals surface area contributed by atoms with Gasteiger partial charge in [-0.05, 0) is 75.7 Å². The molecule has 8 heteroatoms. The molecule has 0 N–H and O–H groups in total. The summed E-state index contributed by atoms with van der Waals surface area (Å²) in [7, 11) is -7.44. The fourth-order valence-corrected chi connectivity index (χ4v) is 9.57. The molecule has 0 bridgehead atoms. The van der Waals surface area contributed by atoms with E-state index in [0.717, 1.165) is 35.0 Å². The first-order chi connectivity index (χ1) is 17.7. The summed E-state index contributed by atoms with van der Waals surface area (Å²) >= 11 is 0. The summed E-state index contributed by atoms with van der Waals surface area (Å²) in [5, 5.41) is 1.72. The quantitative estimate of drug-likeness (QED) is 0.218. The van der Waals surface area contributed by atoms with Crippen molar-refractivity contribution in [1.82, 2.24) is 0 Å². The van der Waals surface area contributed by atoms with E-state index >= 15 is 0 Å². The van der Waals surface area contributed by atoms with E-state index in [1.807, 2.05) is 78.9 Å². The summed E-state index contributed by atoms with van der Waals surface area (Å²) < 4.78 is 73.2. The number of hydrogen-bond donors (Lipinski definition) is 0. The second-order valence-corrected chi connectivity index (χ2v) is 12.6. The molecule has 0 atom stereocenters. The first-order valence-electron chi connectivity index (χ1n) is 11.3. The van der Waals surface area contributed by atoms with Crippen molar-refractivity contribution in [2.24, 2.45) is 0 Å². The molecule has 0 saturated carbocycles. The molecule has 0 fully saturated rings. The van der Waals surface area contributed by atoms with E-state index in [1.54, 1.807) is 24.3 Å². The van der Waals surface area contributed by atoms with Crippen molar-refractivity contribution < 1.29 is 25.2 Å². The molecule has 5 aromatic rings. The van der Waals surface area contributed by atoms with Crippen LogP contribution in [-0.4, -0.2) is 8.42 Å². The molecule has 0 radical (unpaired) electrons. The molecule has 0 spiro atoms. The monoisotopic (exact) mass is 538 g/mol. The van der Waals surface area contributed by atoms with Crippen molar-refractivity contribution in [3.8, 4) is 0 Å². The topological polar surface area (TPSA) is 43.4 Å². The molecule has 0 unspecified atom stereocenters. The zero-order valence-corrected chi connectivity index (χ0v) is 20.9. The maximum Gasteiger partial charge on any atom is 0.416 e. The van der Waals surface area contributed by atoms with Gasteiger partial charge in [-0.3, -0.25) is 0 Å². The first-order valence-corrected chi connectivity index (χ1v) is 14.2. The largest absolute Gasteiger partial charge is 0.416 e. The van der Waals surface area contributed by atoms with E-state index in [1.165, 1.54) is 0 Å². The lowest BCUT2D eigenvalue weighted by molar-refractivity contribution is -0.137. The summed E-state index contributed by atoms with van der Waals surface area (Å²) in [5.74, 6) is 0. The molecular formula is C29H21F3O3S2. The minimum Gasteiger partial charge on any atom is -0.203 e. The van der Waals surface area contributed by atoms with E-state index < -0.39 is 32.2 Å². The third kappa shape index (κ3) is 4.75. The van der Waals surface area contributed by atoms with Crippen molar-refractivity contribution in [1.29, 1.82) is 0 Å². The Balaban J connectivity index is 1.79. The van der Waals surface area contributed by atoms with Crippen LogP contribution in [0.5, 0.6) is 0 Å². The number of halogens is 3. The smallest absolute Gasteiger partial charge is 0.203 e. The van der Waals surface area contributed by atoms with Crippen LogP contribution in [0.2, 0.25) is 0 Å². The Morgan fingerprint density at radius 3 is 1.62 bits per heavy atom. The van der Waals surface area contributed by atoms with E-state index in [9.17, 15) is 21.6 Å². The van der Waals surface area contributed by atoms with Gasteiger partial charge < -0.3 is 0 Å². The van der Waals surface area contributed by atoms with Crippen LogP contribution in [-0.2, 0) is 19.9 Å². The van der Waals surface area contributed by atoms with Gasteiger partial charge in [0.15, 0.2) is 0 Å². The van der Waals surface area contributed by atoms with Gasteiger partial charge in [-0.15, -0.1) is 0 Å². The van der Waals surface area contributed by atoms with Gasteiger partial charge in [0.2, 0.25) is 0 Å². The number of fused-ring (bicyclic) bond motifs is 1. The Hall–Kier alpha value is -3.59. The van der Waals surface area contributed by atoms with Crippen LogP contribution >= 0.6 is 10.3 Å². The Morgan fingerprint density at radius 1 is 0.541 bits per heavy atom. The van der Waals surface area contributed by atoms with Crippen molar-refractivity contribution in [2.75, 3.05) is 0 Å². The molecule has 0 aromatic heterocycles. The summed E-state index contributed by atoms with van der Waals surface area (Å²) in [4.78, 5) is 1.57. The van der Waals surface area contributed by atoms with Gasteiger partial charge in [-0.25, -0.2) is 3.63 Å². The van der Waals surface area contributed by atoms with Crippen LogP contribution in [0, 0.1) is 0 Å². The fraction of sp³-hybridized carbons (Fsp3) is 0.0345. The van der Waals surface area contributed by atoms with Crippen molar-refractivity contribution in [3.05, 3.63) is 133 Å². The predicted molar refractivity (Wildman–Crippen MR) is 139 cm³/mol. The standard InChI is InChI=1S/C29H21F3O3S2/c30-29(31,32)23-18-20-26(21-19-23)37(33,34)35-36(24-12-3-1-4-13-24,25-14-5-2-6-15-25)28-17-9-11-22-10-7-8-16-27(22)28/h1-21H. The number of benzene rings is 5. The van der Waals surface area contributed by atoms with Gasteiger partial charge in [0.1, 0.15) is 0 Å². The first kappa shape index (κ1) is 25.1. The highest BCUT2D eigenvalue weighted by molar-refractivity contribution is 8.33. The second-order valence-electron chi connectivity index (χ2n) is 8.20. The zero-order valence-electron chi connectivity index (χ0n) is 19.3. The third-order valence-electron chi connectivity index (χ3n) is 5.87. The van der Waals surface area contributed by atoms with E-state index in [2.05, 4.69) is 0 Å². The highest BCUT2D eigenvalue weighted by Gasteiger charge is 2.39. The average Bonchev–Trinajstić information content (AvgIpc) is 2.92. The van der Waals surface area contributed by atoms with E-state index in [-0.39, 0.29) is 4.90 Å². The van der Waals surface area contributed by atoms with Crippen molar-refractivity contribution in [2.45, 2.75) is 25.8 Å². The van der Waals surface area contributed by atoms with Crippen LogP contribution in [0.4, 0.5) is 13.2 Å². The van der Waals surface area contributed by atoms with Gasteiger partial charge >= 0.3 is 16.3 Å². The number of alkyl halides is 3. The lowest BCUT2D eigenvalue weighted by atomic mass is 10.1. The summed E-state index contributed by atoms with van der Waals surface area (Å²) in [6.45, 7) is 0. The number of rotatable bonds is 6. The molecule has 0 saturated heterocycles. The molecule has 0 amide bonds. The lowest BCUT2D eigenvalue weighted by Crippen LogP contribution is -2.15. The van der Waals surface area contributed by atoms with E-state index in [4.69, 9.17) is 3.63 Å². The lowest BCUT2D eigenvalue weighted by Gasteiger charge is -2.40. The molecule has 0 aliphatic heterocycles. The molecule has 5 aromatic carbocycles. The predicted octanol–water partition coefficient (Wildman–Crippen LogP) is 8.46. The van der Waals surface area contributed by atoms with Gasteiger partial charge in [-0.2, -0.15) is 21.6 Å².